The van der Waals surface area contributed by atoms with Crippen LogP contribution in [-0.4, -0.2) is 29.6 Å². The van der Waals surface area contributed by atoms with Crippen LogP contribution in [0.5, 0.6) is 0 Å². The molecule has 1 heterocycles. The van der Waals surface area contributed by atoms with E-state index in [4.69, 9.17) is 0 Å². The van der Waals surface area contributed by atoms with E-state index in [1.54, 1.807) is 18.2 Å². The van der Waals surface area contributed by atoms with Crippen LogP contribution in [-0.2, 0) is 26.5 Å². The van der Waals surface area contributed by atoms with E-state index in [0.717, 1.165) is 17.4 Å². The van der Waals surface area contributed by atoms with Gasteiger partial charge in [-0.05, 0) is 55.7 Å². The first-order valence-corrected chi connectivity index (χ1v) is 11.1. The lowest BCUT2D eigenvalue weighted by atomic mass is 10.1. The molecule has 0 radical (unpaired) electrons. The molecule has 8 heteroatoms. The van der Waals surface area contributed by atoms with Crippen molar-refractivity contribution in [1.29, 1.82) is 0 Å². The summed E-state index contributed by atoms with van der Waals surface area (Å²) in [6.45, 7) is 4.12. The molecule has 0 aliphatic carbocycles. The van der Waals surface area contributed by atoms with Crippen molar-refractivity contribution in [2.75, 3.05) is 21.8 Å². The van der Waals surface area contributed by atoms with Gasteiger partial charge >= 0.3 is 0 Å². The van der Waals surface area contributed by atoms with E-state index in [0.29, 0.717) is 29.9 Å². The topological polar surface area (TPSA) is 83.6 Å². The molecular weight excluding hydrogens is 360 g/mol. The summed E-state index contributed by atoms with van der Waals surface area (Å²) in [7, 11) is -7.10. The van der Waals surface area contributed by atoms with E-state index in [9.17, 15) is 16.8 Å². The van der Waals surface area contributed by atoms with Gasteiger partial charge in [0, 0.05) is 6.54 Å². The zero-order chi connectivity index (χ0) is 18.4. The van der Waals surface area contributed by atoms with Gasteiger partial charge in [0.05, 0.1) is 22.5 Å². The summed E-state index contributed by atoms with van der Waals surface area (Å²) < 4.78 is 52.8. The third kappa shape index (κ3) is 3.50. The molecule has 1 N–H and O–H groups in total. The van der Waals surface area contributed by atoms with Crippen molar-refractivity contribution in [2.45, 2.75) is 25.2 Å². The van der Waals surface area contributed by atoms with Crippen LogP contribution in [0.2, 0.25) is 0 Å². The van der Waals surface area contributed by atoms with Gasteiger partial charge in [-0.1, -0.05) is 17.7 Å². The van der Waals surface area contributed by atoms with E-state index < -0.39 is 20.0 Å². The van der Waals surface area contributed by atoms with Gasteiger partial charge in [0.25, 0.3) is 10.0 Å². The quantitative estimate of drug-likeness (QED) is 0.883. The number of rotatable bonds is 4. The van der Waals surface area contributed by atoms with E-state index in [2.05, 4.69) is 4.72 Å². The molecular formula is C17H20N2O4S2. The maximum absolute atomic E-state index is 12.7. The predicted octanol–water partition coefficient (Wildman–Crippen LogP) is 2.43. The molecule has 0 fully saturated rings. The average molecular weight is 380 g/mol. The molecule has 0 amide bonds. The predicted molar refractivity (Wildman–Crippen MR) is 99.1 cm³/mol. The highest BCUT2D eigenvalue weighted by molar-refractivity contribution is 7.92. The van der Waals surface area contributed by atoms with E-state index >= 15 is 0 Å². The second-order valence-electron chi connectivity index (χ2n) is 6.30. The summed E-state index contributed by atoms with van der Waals surface area (Å²) in [4.78, 5) is 0.126. The molecule has 0 unspecified atom stereocenters. The summed E-state index contributed by atoms with van der Waals surface area (Å²) in [6, 6.07) is 10.0. The Morgan fingerprint density at radius 3 is 2.36 bits per heavy atom. The molecule has 3 rings (SSSR count). The number of hydrogen-bond acceptors (Lipinski definition) is 4. The Morgan fingerprint density at radius 2 is 1.72 bits per heavy atom. The van der Waals surface area contributed by atoms with Gasteiger partial charge in [-0.15, -0.1) is 0 Å². The van der Waals surface area contributed by atoms with Gasteiger partial charge < -0.3 is 0 Å². The summed E-state index contributed by atoms with van der Waals surface area (Å²) >= 11 is 0. The first-order valence-electron chi connectivity index (χ1n) is 7.79. The van der Waals surface area contributed by atoms with Crippen LogP contribution in [0.4, 0.5) is 11.4 Å². The molecule has 1 aliphatic rings. The summed E-state index contributed by atoms with van der Waals surface area (Å²) in [5, 5.41) is 0. The third-order valence-electron chi connectivity index (χ3n) is 4.24. The second kappa shape index (κ2) is 6.03. The second-order valence-corrected chi connectivity index (χ2v) is 9.89. The number of benzene rings is 2. The van der Waals surface area contributed by atoms with Crippen molar-refractivity contribution in [3.8, 4) is 0 Å². The van der Waals surface area contributed by atoms with Crippen molar-refractivity contribution in [2.24, 2.45) is 0 Å². The Morgan fingerprint density at radius 1 is 1.00 bits per heavy atom. The van der Waals surface area contributed by atoms with E-state index in [1.807, 2.05) is 26.0 Å². The van der Waals surface area contributed by atoms with Crippen LogP contribution < -0.4 is 9.03 Å². The fraction of sp³-hybridized carbons (Fsp3) is 0.294. The van der Waals surface area contributed by atoms with Gasteiger partial charge in [0.1, 0.15) is 0 Å². The first kappa shape index (κ1) is 17.8. The highest BCUT2D eigenvalue weighted by Crippen LogP contribution is 2.32. The van der Waals surface area contributed by atoms with Crippen molar-refractivity contribution in [3.63, 3.8) is 0 Å². The maximum atomic E-state index is 12.7. The number of hydrogen-bond donors (Lipinski definition) is 1. The molecule has 1 aliphatic heterocycles. The highest BCUT2D eigenvalue weighted by atomic mass is 32.2. The lowest BCUT2D eigenvalue weighted by Crippen LogP contribution is -2.27. The Kier molecular flexibility index (Phi) is 4.28. The zero-order valence-electron chi connectivity index (χ0n) is 14.3. The van der Waals surface area contributed by atoms with Crippen molar-refractivity contribution >= 4 is 31.4 Å². The monoisotopic (exact) mass is 380 g/mol. The van der Waals surface area contributed by atoms with Gasteiger partial charge in [-0.25, -0.2) is 16.8 Å². The minimum Gasteiger partial charge on any atom is -0.279 e. The molecule has 0 saturated heterocycles. The largest absolute Gasteiger partial charge is 0.279 e. The van der Waals surface area contributed by atoms with Crippen molar-refractivity contribution in [3.05, 3.63) is 53.1 Å². The van der Waals surface area contributed by atoms with Gasteiger partial charge in [-0.3, -0.25) is 9.03 Å². The fourth-order valence-corrected chi connectivity index (χ4v) is 5.13. The first-order chi connectivity index (χ1) is 11.6. The molecule has 0 bridgehead atoms. The number of nitrogens with one attached hydrogen (secondary N) is 1. The molecule has 0 atom stereocenters. The van der Waals surface area contributed by atoms with Crippen LogP contribution in [0.15, 0.2) is 41.3 Å². The molecule has 6 nitrogen and oxygen atoms in total. The Balaban J connectivity index is 1.94. The van der Waals surface area contributed by atoms with E-state index in [1.165, 1.54) is 10.4 Å². The minimum atomic E-state index is -3.74. The van der Waals surface area contributed by atoms with Crippen LogP contribution >= 0.6 is 0 Å². The molecule has 134 valence electrons. The SMILES string of the molecule is Cc1ccc(NS(=O)(=O)c2ccc3c(c2)CCN3S(C)(=O)=O)c(C)c1. The molecule has 2 aromatic carbocycles. The van der Waals surface area contributed by atoms with Crippen LogP contribution in [0, 0.1) is 13.8 Å². The minimum absolute atomic E-state index is 0.126. The number of aryl methyl sites for hydroxylation is 2. The van der Waals surface area contributed by atoms with Crippen LogP contribution in [0.25, 0.3) is 0 Å². The summed E-state index contributed by atoms with van der Waals surface area (Å²) in [5.41, 5.74) is 3.69. The van der Waals surface area contributed by atoms with Crippen molar-refractivity contribution in [1.82, 2.24) is 0 Å². The number of nitrogens with zero attached hydrogens (tertiary/aromatic N) is 1. The Bertz CT molecular complexity index is 1040. The molecule has 0 spiro atoms. The van der Waals surface area contributed by atoms with Gasteiger partial charge in [0.2, 0.25) is 10.0 Å². The Labute approximate surface area is 148 Å². The van der Waals surface area contributed by atoms with E-state index in [-0.39, 0.29) is 4.90 Å². The molecule has 0 aromatic heterocycles. The number of anilines is 2. The van der Waals surface area contributed by atoms with Crippen molar-refractivity contribution < 1.29 is 16.8 Å². The molecule has 0 saturated carbocycles. The Hall–Kier alpha value is -2.06. The standard InChI is InChI=1S/C17H20N2O4S2/c1-12-4-6-16(13(2)10-12)18-25(22,23)15-5-7-17-14(11-15)8-9-19(17)24(3,20)21/h4-7,10-11,18H,8-9H2,1-3H3. The lowest BCUT2D eigenvalue weighted by molar-refractivity contribution is 0.597. The smallest absolute Gasteiger partial charge is 0.261 e. The fourth-order valence-electron chi connectivity index (χ4n) is 2.99. The number of fused-ring (bicyclic) bond motifs is 1. The third-order valence-corrected chi connectivity index (χ3v) is 6.78. The highest BCUT2D eigenvalue weighted by Gasteiger charge is 2.27. The zero-order valence-corrected chi connectivity index (χ0v) is 15.9. The normalized spacial score (nSPS) is 14.4. The average Bonchev–Trinajstić information content (AvgIpc) is 2.93. The number of sulfonamides is 2. The van der Waals surface area contributed by atoms with Gasteiger partial charge in [0.15, 0.2) is 0 Å². The summed E-state index contributed by atoms with van der Waals surface area (Å²) in [5.74, 6) is 0. The summed E-state index contributed by atoms with van der Waals surface area (Å²) in [6.07, 6.45) is 1.64. The van der Waals surface area contributed by atoms with Crippen LogP contribution in [0.3, 0.4) is 0 Å². The molecule has 2 aromatic rings. The molecule has 25 heavy (non-hydrogen) atoms. The maximum Gasteiger partial charge on any atom is 0.261 e. The lowest BCUT2D eigenvalue weighted by Gasteiger charge is -2.17. The van der Waals surface area contributed by atoms with Crippen LogP contribution in [0.1, 0.15) is 16.7 Å². The van der Waals surface area contributed by atoms with Gasteiger partial charge in [-0.2, -0.15) is 0 Å².